The maximum absolute atomic E-state index is 9.39. The second-order valence-corrected chi connectivity index (χ2v) is 2.57. The molecule has 0 spiro atoms. The molecule has 2 N–H and O–H groups in total. The predicted molar refractivity (Wildman–Crippen MR) is 42.6 cm³/mol. The number of hydrogen-bond acceptors (Lipinski definition) is 4. The molecule has 4 heteroatoms. The fourth-order valence-corrected chi connectivity index (χ4v) is 1.17. The molecule has 0 bridgehead atoms. The van der Waals surface area contributed by atoms with Crippen LogP contribution in [0.3, 0.4) is 0 Å². The standard InChI is InChI=1S/C8H8N2O2/c11-8-7-4-2-1-3-6(7)5-9-10(8)12/h1-5,8,11-12H. The molecule has 1 aromatic rings. The largest absolute Gasteiger partial charge is 0.366 e. The molecule has 1 atom stereocenters. The van der Waals surface area contributed by atoms with Crippen LogP contribution in [0.1, 0.15) is 17.4 Å². The number of hydrazone groups is 1. The van der Waals surface area contributed by atoms with Crippen molar-refractivity contribution in [1.29, 1.82) is 0 Å². The molecule has 1 aromatic carbocycles. The zero-order chi connectivity index (χ0) is 8.55. The quantitative estimate of drug-likeness (QED) is 0.594. The van der Waals surface area contributed by atoms with Crippen LogP contribution >= 0.6 is 0 Å². The maximum atomic E-state index is 9.39. The van der Waals surface area contributed by atoms with Gasteiger partial charge in [-0.2, -0.15) is 5.10 Å². The first-order valence-electron chi connectivity index (χ1n) is 3.58. The zero-order valence-corrected chi connectivity index (χ0v) is 6.25. The molecule has 1 aliphatic rings. The van der Waals surface area contributed by atoms with E-state index in [1.54, 1.807) is 12.1 Å². The summed E-state index contributed by atoms with van der Waals surface area (Å²) in [5, 5.41) is 22.5. The van der Waals surface area contributed by atoms with E-state index in [0.29, 0.717) is 10.7 Å². The van der Waals surface area contributed by atoms with Gasteiger partial charge in [0, 0.05) is 11.1 Å². The number of aliphatic hydroxyl groups excluding tert-OH is 1. The van der Waals surface area contributed by atoms with Crippen LogP contribution in [0.5, 0.6) is 0 Å². The molecule has 4 nitrogen and oxygen atoms in total. The van der Waals surface area contributed by atoms with Crippen LogP contribution in [-0.2, 0) is 0 Å². The van der Waals surface area contributed by atoms with Crippen molar-refractivity contribution in [3.05, 3.63) is 35.4 Å². The van der Waals surface area contributed by atoms with Gasteiger partial charge in [-0.15, -0.1) is 5.17 Å². The molecule has 0 fully saturated rings. The van der Waals surface area contributed by atoms with Crippen molar-refractivity contribution in [1.82, 2.24) is 5.17 Å². The fraction of sp³-hybridized carbons (Fsp3) is 0.125. The summed E-state index contributed by atoms with van der Waals surface area (Å²) in [6, 6.07) is 7.23. The number of hydrogen-bond donors (Lipinski definition) is 2. The zero-order valence-electron chi connectivity index (χ0n) is 6.25. The highest BCUT2D eigenvalue weighted by atomic mass is 16.6. The number of nitrogens with zero attached hydrogens (tertiary/aromatic N) is 2. The molecule has 0 saturated heterocycles. The summed E-state index contributed by atoms with van der Waals surface area (Å²) < 4.78 is 0. The number of hydroxylamine groups is 1. The van der Waals surface area contributed by atoms with Crippen LogP contribution in [0.4, 0.5) is 0 Å². The van der Waals surface area contributed by atoms with Crippen molar-refractivity contribution in [3.8, 4) is 0 Å². The van der Waals surface area contributed by atoms with Crippen LogP contribution in [0.2, 0.25) is 0 Å². The van der Waals surface area contributed by atoms with Gasteiger partial charge in [0.05, 0.1) is 6.21 Å². The molecule has 0 saturated carbocycles. The van der Waals surface area contributed by atoms with Crippen LogP contribution < -0.4 is 0 Å². The summed E-state index contributed by atoms with van der Waals surface area (Å²) in [6.45, 7) is 0. The topological polar surface area (TPSA) is 56.1 Å². The second kappa shape index (κ2) is 2.58. The Balaban J connectivity index is 2.52. The normalized spacial score (nSPS) is 20.8. The molecule has 0 amide bonds. The Morgan fingerprint density at radius 3 is 2.92 bits per heavy atom. The number of aliphatic hydroxyl groups is 1. The van der Waals surface area contributed by atoms with E-state index in [1.807, 2.05) is 12.1 Å². The van der Waals surface area contributed by atoms with Gasteiger partial charge in [0.1, 0.15) is 0 Å². The highest BCUT2D eigenvalue weighted by Gasteiger charge is 2.19. The lowest BCUT2D eigenvalue weighted by Crippen LogP contribution is -2.24. The van der Waals surface area contributed by atoms with Crippen molar-refractivity contribution in [2.45, 2.75) is 6.23 Å². The van der Waals surface area contributed by atoms with Gasteiger partial charge in [-0.05, 0) is 0 Å². The van der Waals surface area contributed by atoms with E-state index in [2.05, 4.69) is 5.10 Å². The Morgan fingerprint density at radius 1 is 1.33 bits per heavy atom. The van der Waals surface area contributed by atoms with Gasteiger partial charge in [-0.3, -0.25) is 5.21 Å². The molecule has 0 aliphatic carbocycles. The molecule has 62 valence electrons. The van der Waals surface area contributed by atoms with Gasteiger partial charge in [0.25, 0.3) is 0 Å². The summed E-state index contributed by atoms with van der Waals surface area (Å²) in [4.78, 5) is 0. The number of rotatable bonds is 0. The first-order valence-corrected chi connectivity index (χ1v) is 3.58. The Morgan fingerprint density at radius 2 is 2.08 bits per heavy atom. The molecule has 2 rings (SSSR count). The summed E-state index contributed by atoms with van der Waals surface area (Å²) in [5.74, 6) is 0. The minimum atomic E-state index is -1.05. The first-order chi connectivity index (χ1) is 5.79. The smallest absolute Gasteiger partial charge is 0.197 e. The predicted octanol–water partition coefficient (Wildman–Crippen LogP) is 0.716. The Hall–Kier alpha value is -1.39. The van der Waals surface area contributed by atoms with Crippen molar-refractivity contribution < 1.29 is 10.3 Å². The summed E-state index contributed by atoms with van der Waals surface area (Å²) in [7, 11) is 0. The van der Waals surface area contributed by atoms with E-state index in [0.717, 1.165) is 5.56 Å². The van der Waals surface area contributed by atoms with Gasteiger partial charge in [-0.25, -0.2) is 0 Å². The summed E-state index contributed by atoms with van der Waals surface area (Å²) >= 11 is 0. The minimum absolute atomic E-state index is 0.530. The SMILES string of the molecule is OC1c2ccccc2C=NN1O. The minimum Gasteiger partial charge on any atom is -0.366 e. The highest BCUT2D eigenvalue weighted by Crippen LogP contribution is 2.22. The van der Waals surface area contributed by atoms with E-state index < -0.39 is 6.23 Å². The van der Waals surface area contributed by atoms with Gasteiger partial charge < -0.3 is 5.11 Å². The van der Waals surface area contributed by atoms with Gasteiger partial charge in [0.2, 0.25) is 0 Å². The fourth-order valence-electron chi connectivity index (χ4n) is 1.17. The lowest BCUT2D eigenvalue weighted by Gasteiger charge is -2.23. The molecule has 1 unspecified atom stereocenters. The van der Waals surface area contributed by atoms with E-state index in [-0.39, 0.29) is 0 Å². The molecular formula is C8H8N2O2. The molecule has 12 heavy (non-hydrogen) atoms. The molecule has 1 heterocycles. The molecule has 1 aliphatic heterocycles. The molecular weight excluding hydrogens is 156 g/mol. The molecule has 0 aromatic heterocycles. The van der Waals surface area contributed by atoms with E-state index in [1.165, 1.54) is 6.21 Å². The van der Waals surface area contributed by atoms with Crippen LogP contribution in [0.25, 0.3) is 0 Å². The number of fused-ring (bicyclic) bond motifs is 1. The second-order valence-electron chi connectivity index (χ2n) is 2.57. The third kappa shape index (κ3) is 0.975. The van der Waals surface area contributed by atoms with Gasteiger partial charge in [-0.1, -0.05) is 24.3 Å². The van der Waals surface area contributed by atoms with E-state index in [9.17, 15) is 5.11 Å². The van der Waals surface area contributed by atoms with Crippen LogP contribution in [0.15, 0.2) is 29.4 Å². The maximum Gasteiger partial charge on any atom is 0.197 e. The van der Waals surface area contributed by atoms with E-state index >= 15 is 0 Å². The van der Waals surface area contributed by atoms with Crippen molar-refractivity contribution in [2.75, 3.05) is 0 Å². The summed E-state index contributed by atoms with van der Waals surface area (Å²) in [5.41, 5.74) is 1.49. The lowest BCUT2D eigenvalue weighted by molar-refractivity contribution is -0.201. The third-order valence-corrected chi connectivity index (χ3v) is 1.81. The first kappa shape index (κ1) is 7.27. The average Bonchev–Trinajstić information content (AvgIpc) is 2.12. The van der Waals surface area contributed by atoms with Gasteiger partial charge in [0.15, 0.2) is 6.23 Å². The summed E-state index contributed by atoms with van der Waals surface area (Å²) in [6.07, 6.45) is 0.452. The highest BCUT2D eigenvalue weighted by molar-refractivity contribution is 5.82. The Labute approximate surface area is 69.3 Å². The van der Waals surface area contributed by atoms with Gasteiger partial charge >= 0.3 is 0 Å². The Kier molecular flexibility index (Phi) is 1.56. The van der Waals surface area contributed by atoms with Crippen molar-refractivity contribution in [2.24, 2.45) is 5.10 Å². The molecule has 0 radical (unpaired) electrons. The average molecular weight is 164 g/mol. The Bertz CT molecular complexity index is 325. The number of benzene rings is 1. The van der Waals surface area contributed by atoms with Crippen LogP contribution in [0, 0.1) is 0 Å². The third-order valence-electron chi connectivity index (χ3n) is 1.81. The van der Waals surface area contributed by atoms with Crippen molar-refractivity contribution in [3.63, 3.8) is 0 Å². The van der Waals surface area contributed by atoms with Crippen LogP contribution in [-0.4, -0.2) is 21.7 Å². The van der Waals surface area contributed by atoms with E-state index in [4.69, 9.17) is 5.21 Å². The monoisotopic (exact) mass is 164 g/mol. The van der Waals surface area contributed by atoms with Crippen molar-refractivity contribution >= 4 is 6.21 Å². The lowest BCUT2D eigenvalue weighted by atomic mass is 10.1.